The Morgan fingerprint density at radius 1 is 1.27 bits per heavy atom. The van der Waals surface area contributed by atoms with Gasteiger partial charge in [-0.2, -0.15) is 0 Å². The van der Waals surface area contributed by atoms with Crippen molar-refractivity contribution in [1.29, 1.82) is 0 Å². The number of Topliss-reactive ketones (excluding diaryl/α,β-unsaturated/α-hetero) is 1. The van der Waals surface area contributed by atoms with E-state index in [0.29, 0.717) is 5.78 Å². The standard InChI is InChI=1S/C11H21NO.C2H6/c1-10(2,3)9(13)8-6-11(4,5)7-12-8;1-2/h8,12H,6-7H2,1-5H3;1-2H3. The molecule has 0 radical (unpaired) electrons. The lowest BCUT2D eigenvalue weighted by molar-refractivity contribution is -0.128. The number of carbonyl (C=O) groups is 1. The van der Waals surface area contributed by atoms with Crippen LogP contribution in [0.1, 0.15) is 54.9 Å². The van der Waals surface area contributed by atoms with Crippen LogP contribution >= 0.6 is 0 Å². The second-order valence-corrected chi connectivity index (χ2v) is 5.92. The van der Waals surface area contributed by atoms with Crippen molar-refractivity contribution in [2.75, 3.05) is 6.54 Å². The van der Waals surface area contributed by atoms with Gasteiger partial charge in [-0.15, -0.1) is 0 Å². The predicted octanol–water partition coefficient (Wildman–Crippen LogP) is 3.02. The topological polar surface area (TPSA) is 29.1 Å². The Balaban J connectivity index is 0.000000921. The molecular formula is C13H27NO. The fourth-order valence-corrected chi connectivity index (χ4v) is 1.80. The van der Waals surface area contributed by atoms with Crippen LogP contribution in [0.25, 0.3) is 0 Å². The Bertz CT molecular complexity index is 213. The Kier molecular flexibility index (Phi) is 4.98. The molecular weight excluding hydrogens is 186 g/mol. The molecule has 1 unspecified atom stereocenters. The van der Waals surface area contributed by atoms with Crippen molar-refractivity contribution in [2.24, 2.45) is 10.8 Å². The van der Waals surface area contributed by atoms with Gasteiger partial charge in [-0.25, -0.2) is 0 Å². The van der Waals surface area contributed by atoms with E-state index in [0.717, 1.165) is 13.0 Å². The molecule has 1 saturated heterocycles. The highest BCUT2D eigenvalue weighted by Gasteiger charge is 2.38. The summed E-state index contributed by atoms with van der Waals surface area (Å²) in [7, 11) is 0. The van der Waals surface area contributed by atoms with Crippen LogP contribution in [0.15, 0.2) is 0 Å². The summed E-state index contributed by atoms with van der Waals surface area (Å²) in [5.74, 6) is 0.345. The Labute approximate surface area is 94.8 Å². The molecule has 1 heterocycles. The van der Waals surface area contributed by atoms with Crippen molar-refractivity contribution < 1.29 is 4.79 Å². The molecule has 90 valence electrons. The maximum absolute atomic E-state index is 11.9. The molecule has 1 fully saturated rings. The number of ketones is 1. The zero-order chi connectivity index (χ0) is 12.3. The van der Waals surface area contributed by atoms with E-state index < -0.39 is 0 Å². The van der Waals surface area contributed by atoms with Gasteiger partial charge in [0.15, 0.2) is 5.78 Å². The molecule has 0 aromatic carbocycles. The molecule has 1 atom stereocenters. The van der Waals surface area contributed by atoms with Crippen molar-refractivity contribution in [3.8, 4) is 0 Å². The first kappa shape index (κ1) is 14.6. The predicted molar refractivity (Wildman–Crippen MR) is 66.0 cm³/mol. The minimum Gasteiger partial charge on any atom is -0.307 e. The second kappa shape index (κ2) is 5.11. The highest BCUT2D eigenvalue weighted by atomic mass is 16.1. The lowest BCUT2D eigenvalue weighted by Gasteiger charge is -2.22. The minimum absolute atomic E-state index is 0.0787. The van der Waals surface area contributed by atoms with Crippen LogP contribution in [0.4, 0.5) is 0 Å². The van der Waals surface area contributed by atoms with Crippen molar-refractivity contribution >= 4 is 5.78 Å². The van der Waals surface area contributed by atoms with E-state index in [4.69, 9.17) is 0 Å². The number of hydrogen-bond acceptors (Lipinski definition) is 2. The third-order valence-electron chi connectivity index (χ3n) is 2.64. The molecule has 0 aromatic rings. The van der Waals surface area contributed by atoms with Crippen molar-refractivity contribution in [3.63, 3.8) is 0 Å². The first-order valence-electron chi connectivity index (χ1n) is 6.00. The smallest absolute Gasteiger partial charge is 0.155 e. The van der Waals surface area contributed by atoms with Crippen LogP contribution in [-0.4, -0.2) is 18.4 Å². The van der Waals surface area contributed by atoms with Gasteiger partial charge in [-0.05, 0) is 11.8 Å². The molecule has 0 spiro atoms. The van der Waals surface area contributed by atoms with Crippen LogP contribution in [0.2, 0.25) is 0 Å². The van der Waals surface area contributed by atoms with Gasteiger partial charge in [-0.1, -0.05) is 48.5 Å². The van der Waals surface area contributed by atoms with E-state index >= 15 is 0 Å². The zero-order valence-corrected chi connectivity index (χ0v) is 11.4. The quantitative estimate of drug-likeness (QED) is 0.725. The fraction of sp³-hybridized carbons (Fsp3) is 0.923. The summed E-state index contributed by atoms with van der Waals surface area (Å²) in [6, 6.07) is 0.0787. The first-order chi connectivity index (χ1) is 6.72. The second-order valence-electron chi connectivity index (χ2n) is 5.92. The highest BCUT2D eigenvalue weighted by molar-refractivity contribution is 5.89. The van der Waals surface area contributed by atoms with Crippen LogP contribution < -0.4 is 5.32 Å². The van der Waals surface area contributed by atoms with Gasteiger partial charge < -0.3 is 5.32 Å². The largest absolute Gasteiger partial charge is 0.307 e. The summed E-state index contributed by atoms with van der Waals surface area (Å²) in [6.45, 7) is 15.3. The maximum atomic E-state index is 11.9. The molecule has 1 aliphatic heterocycles. The molecule has 0 saturated carbocycles. The molecule has 1 aliphatic rings. The summed E-state index contributed by atoms with van der Waals surface area (Å²) in [4.78, 5) is 11.9. The van der Waals surface area contributed by atoms with E-state index in [1.54, 1.807) is 0 Å². The third-order valence-corrected chi connectivity index (χ3v) is 2.64. The first-order valence-corrected chi connectivity index (χ1v) is 6.00. The summed E-state index contributed by atoms with van der Waals surface area (Å²) >= 11 is 0. The summed E-state index contributed by atoms with van der Waals surface area (Å²) < 4.78 is 0. The van der Waals surface area contributed by atoms with Crippen LogP contribution in [0.5, 0.6) is 0 Å². The average molecular weight is 213 g/mol. The molecule has 1 rings (SSSR count). The molecule has 2 heteroatoms. The molecule has 1 N–H and O–H groups in total. The van der Waals surface area contributed by atoms with Crippen LogP contribution in [-0.2, 0) is 4.79 Å². The summed E-state index contributed by atoms with van der Waals surface area (Å²) in [6.07, 6.45) is 0.975. The summed E-state index contributed by atoms with van der Waals surface area (Å²) in [5.41, 5.74) is 0.0731. The van der Waals surface area contributed by atoms with E-state index in [1.165, 1.54) is 0 Å². The SMILES string of the molecule is CC.CC1(C)CNC(C(=O)C(C)(C)C)C1. The van der Waals surface area contributed by atoms with Gasteiger partial charge in [0.05, 0.1) is 6.04 Å². The van der Waals surface area contributed by atoms with Crippen LogP contribution in [0, 0.1) is 10.8 Å². The van der Waals surface area contributed by atoms with Gasteiger partial charge in [0.25, 0.3) is 0 Å². The Morgan fingerprint density at radius 3 is 2.00 bits per heavy atom. The monoisotopic (exact) mass is 213 g/mol. The Hall–Kier alpha value is -0.370. The normalized spacial score (nSPS) is 24.3. The van der Waals surface area contributed by atoms with Gasteiger partial charge in [0.2, 0.25) is 0 Å². The molecule has 0 amide bonds. The van der Waals surface area contributed by atoms with E-state index in [9.17, 15) is 4.79 Å². The summed E-state index contributed by atoms with van der Waals surface area (Å²) in [5, 5.41) is 3.30. The van der Waals surface area contributed by atoms with Crippen molar-refractivity contribution in [3.05, 3.63) is 0 Å². The number of carbonyl (C=O) groups excluding carboxylic acids is 1. The van der Waals surface area contributed by atoms with E-state index in [1.807, 2.05) is 34.6 Å². The van der Waals surface area contributed by atoms with Gasteiger partial charge in [0.1, 0.15) is 0 Å². The van der Waals surface area contributed by atoms with Crippen molar-refractivity contribution in [2.45, 2.75) is 60.9 Å². The van der Waals surface area contributed by atoms with Gasteiger partial charge in [0, 0.05) is 12.0 Å². The molecule has 2 nitrogen and oxygen atoms in total. The van der Waals surface area contributed by atoms with Gasteiger partial charge >= 0.3 is 0 Å². The lowest BCUT2D eigenvalue weighted by atomic mass is 9.82. The molecule has 0 aromatic heterocycles. The number of rotatable bonds is 1. The highest BCUT2D eigenvalue weighted by Crippen LogP contribution is 2.30. The molecule has 15 heavy (non-hydrogen) atoms. The van der Waals surface area contributed by atoms with E-state index in [2.05, 4.69) is 19.2 Å². The molecule has 0 bridgehead atoms. The fourth-order valence-electron chi connectivity index (χ4n) is 1.80. The minimum atomic E-state index is -0.210. The average Bonchev–Trinajstić information content (AvgIpc) is 2.46. The Morgan fingerprint density at radius 2 is 1.73 bits per heavy atom. The van der Waals surface area contributed by atoms with Gasteiger partial charge in [-0.3, -0.25) is 4.79 Å². The number of nitrogens with one attached hydrogen (secondary N) is 1. The maximum Gasteiger partial charge on any atom is 0.155 e. The van der Waals surface area contributed by atoms with Crippen molar-refractivity contribution in [1.82, 2.24) is 5.32 Å². The number of hydrogen-bond donors (Lipinski definition) is 1. The molecule has 0 aliphatic carbocycles. The lowest BCUT2D eigenvalue weighted by Crippen LogP contribution is -2.38. The van der Waals surface area contributed by atoms with Crippen LogP contribution in [0.3, 0.4) is 0 Å². The van der Waals surface area contributed by atoms with E-state index in [-0.39, 0.29) is 16.9 Å². The third kappa shape index (κ3) is 4.33. The zero-order valence-electron chi connectivity index (χ0n) is 11.4.